The van der Waals surface area contributed by atoms with Crippen LogP contribution < -0.4 is 10.6 Å². The number of carbonyl (C=O) groups excluding carboxylic acids is 1. The summed E-state index contributed by atoms with van der Waals surface area (Å²) in [6.07, 6.45) is 0.226. The molecule has 1 aliphatic rings. The number of alkyl halides is 2. The number of nitrogens with one attached hydrogen (secondary N) is 2. The Hall–Kier alpha value is -1.21. The first kappa shape index (κ1) is 17.8. The number of nitrogens with zero attached hydrogens (tertiary/aromatic N) is 2. The minimum atomic E-state index is -2.78. The van der Waals surface area contributed by atoms with Crippen molar-refractivity contribution >= 4 is 18.3 Å². The highest BCUT2D eigenvalue weighted by molar-refractivity contribution is 5.85. The van der Waals surface area contributed by atoms with E-state index in [2.05, 4.69) is 15.7 Å². The van der Waals surface area contributed by atoms with Crippen molar-refractivity contribution in [3.05, 3.63) is 17.0 Å². The summed E-state index contributed by atoms with van der Waals surface area (Å²) in [5, 5.41) is 9.54. The maximum Gasteiger partial charge on any atom is 0.262 e. The van der Waals surface area contributed by atoms with Crippen molar-refractivity contribution in [2.75, 3.05) is 13.1 Å². The van der Waals surface area contributed by atoms with E-state index in [-0.39, 0.29) is 18.3 Å². The number of rotatable bonds is 4. The van der Waals surface area contributed by atoms with Gasteiger partial charge < -0.3 is 5.32 Å². The van der Waals surface area contributed by atoms with Gasteiger partial charge in [-0.3, -0.25) is 14.8 Å². The van der Waals surface area contributed by atoms with Crippen LogP contribution in [-0.2, 0) is 18.3 Å². The van der Waals surface area contributed by atoms with Crippen LogP contribution in [0.5, 0.6) is 0 Å². The van der Waals surface area contributed by atoms with Crippen molar-refractivity contribution in [3.63, 3.8) is 0 Å². The van der Waals surface area contributed by atoms with Crippen LogP contribution in [0.1, 0.15) is 23.4 Å². The van der Waals surface area contributed by atoms with E-state index in [9.17, 15) is 13.6 Å². The molecule has 21 heavy (non-hydrogen) atoms. The fraction of sp³-hybridized carbons (Fsp3) is 0.692. The third-order valence-electron chi connectivity index (χ3n) is 3.76. The van der Waals surface area contributed by atoms with Crippen molar-refractivity contribution < 1.29 is 13.6 Å². The van der Waals surface area contributed by atoms with E-state index in [1.54, 1.807) is 4.68 Å². The first-order chi connectivity index (χ1) is 9.30. The van der Waals surface area contributed by atoms with Gasteiger partial charge in [0.15, 0.2) is 0 Å². The number of amides is 1. The molecule has 0 spiro atoms. The van der Waals surface area contributed by atoms with Gasteiger partial charge in [-0.15, -0.1) is 12.4 Å². The van der Waals surface area contributed by atoms with Crippen LogP contribution in [0.25, 0.3) is 0 Å². The number of aryl methyl sites for hydroxylation is 2. The second kappa shape index (κ2) is 6.70. The van der Waals surface area contributed by atoms with E-state index in [1.807, 2.05) is 20.9 Å². The minimum Gasteiger partial charge on any atom is -0.354 e. The summed E-state index contributed by atoms with van der Waals surface area (Å²) < 4.78 is 27.8. The summed E-state index contributed by atoms with van der Waals surface area (Å²) in [7, 11) is 1.87. The topological polar surface area (TPSA) is 59.0 Å². The standard InChI is InChI=1S/C13H20F2N4O.ClH/c1-8-10(9(2)19(3)18-8)4-5-16-12(20)11-6-13(14,15)7-17-11;/h11,17H,4-7H2,1-3H3,(H,16,20);1H. The molecule has 1 atom stereocenters. The molecule has 0 aromatic carbocycles. The molecule has 1 amide bonds. The summed E-state index contributed by atoms with van der Waals surface area (Å²) in [5.74, 6) is -3.14. The Morgan fingerprint density at radius 1 is 1.52 bits per heavy atom. The number of carbonyl (C=O) groups is 1. The summed E-state index contributed by atoms with van der Waals surface area (Å²) in [6, 6.07) is -0.791. The lowest BCUT2D eigenvalue weighted by atomic mass is 10.1. The largest absolute Gasteiger partial charge is 0.354 e. The molecule has 8 heteroatoms. The van der Waals surface area contributed by atoms with Gasteiger partial charge in [-0.25, -0.2) is 8.78 Å². The van der Waals surface area contributed by atoms with Gasteiger partial charge in [0.25, 0.3) is 5.92 Å². The van der Waals surface area contributed by atoms with Crippen LogP contribution in [0.3, 0.4) is 0 Å². The van der Waals surface area contributed by atoms with E-state index < -0.39 is 24.9 Å². The average molecular weight is 323 g/mol. The van der Waals surface area contributed by atoms with Crippen molar-refractivity contribution in [1.29, 1.82) is 0 Å². The number of halogens is 3. The minimum absolute atomic E-state index is 0. The monoisotopic (exact) mass is 322 g/mol. The van der Waals surface area contributed by atoms with E-state index in [4.69, 9.17) is 0 Å². The van der Waals surface area contributed by atoms with Gasteiger partial charge in [-0.1, -0.05) is 0 Å². The quantitative estimate of drug-likeness (QED) is 0.873. The lowest BCUT2D eigenvalue weighted by Gasteiger charge is -2.11. The molecule has 5 nitrogen and oxygen atoms in total. The molecule has 1 aliphatic heterocycles. The molecule has 120 valence electrons. The van der Waals surface area contributed by atoms with Crippen LogP contribution >= 0.6 is 12.4 Å². The van der Waals surface area contributed by atoms with Crippen LogP contribution in [-0.4, -0.2) is 40.7 Å². The number of hydrogen-bond acceptors (Lipinski definition) is 3. The first-order valence-corrected chi connectivity index (χ1v) is 6.68. The van der Waals surface area contributed by atoms with E-state index >= 15 is 0 Å². The average Bonchev–Trinajstić information content (AvgIpc) is 2.83. The zero-order chi connectivity index (χ0) is 14.9. The van der Waals surface area contributed by atoms with Crippen LogP contribution in [0.15, 0.2) is 0 Å². The Morgan fingerprint density at radius 3 is 2.67 bits per heavy atom. The fourth-order valence-corrected chi connectivity index (χ4v) is 2.51. The summed E-state index contributed by atoms with van der Waals surface area (Å²) in [6.45, 7) is 3.89. The molecule has 1 unspecified atom stereocenters. The third kappa shape index (κ3) is 4.14. The van der Waals surface area contributed by atoms with E-state index in [0.717, 1.165) is 17.0 Å². The van der Waals surface area contributed by atoms with Gasteiger partial charge in [0.05, 0.1) is 18.3 Å². The normalized spacial score (nSPS) is 20.1. The molecule has 1 fully saturated rings. The highest BCUT2D eigenvalue weighted by atomic mass is 35.5. The second-order valence-corrected chi connectivity index (χ2v) is 5.31. The van der Waals surface area contributed by atoms with Gasteiger partial charge >= 0.3 is 0 Å². The van der Waals surface area contributed by atoms with E-state index in [1.165, 1.54) is 0 Å². The summed E-state index contributed by atoms with van der Waals surface area (Å²) in [5.41, 5.74) is 3.09. The zero-order valence-electron chi connectivity index (χ0n) is 12.4. The first-order valence-electron chi connectivity index (χ1n) is 6.68. The molecule has 2 N–H and O–H groups in total. The summed E-state index contributed by atoms with van der Waals surface area (Å²) >= 11 is 0. The van der Waals surface area contributed by atoms with Gasteiger partial charge in [-0.2, -0.15) is 5.10 Å². The Balaban J connectivity index is 0.00000220. The van der Waals surface area contributed by atoms with Crippen molar-refractivity contribution in [1.82, 2.24) is 20.4 Å². The van der Waals surface area contributed by atoms with Crippen LogP contribution in [0.4, 0.5) is 8.78 Å². The molecule has 1 saturated heterocycles. The molecule has 0 radical (unpaired) electrons. The smallest absolute Gasteiger partial charge is 0.262 e. The van der Waals surface area contributed by atoms with E-state index in [0.29, 0.717) is 13.0 Å². The van der Waals surface area contributed by atoms with Crippen LogP contribution in [0.2, 0.25) is 0 Å². The second-order valence-electron chi connectivity index (χ2n) is 5.31. The Morgan fingerprint density at radius 2 is 2.19 bits per heavy atom. The SMILES string of the molecule is Cc1nn(C)c(C)c1CCNC(=O)C1CC(F)(F)CN1.Cl. The number of hydrogen-bond donors (Lipinski definition) is 2. The Labute approximate surface area is 128 Å². The Kier molecular flexibility index (Phi) is 5.69. The molecule has 0 saturated carbocycles. The Bertz CT molecular complexity index is 519. The van der Waals surface area contributed by atoms with Crippen molar-refractivity contribution in [2.24, 2.45) is 7.05 Å². The van der Waals surface area contributed by atoms with Gasteiger partial charge in [0.2, 0.25) is 5.91 Å². The highest BCUT2D eigenvalue weighted by Gasteiger charge is 2.42. The van der Waals surface area contributed by atoms with Crippen molar-refractivity contribution in [3.8, 4) is 0 Å². The predicted molar refractivity (Wildman–Crippen MR) is 78.0 cm³/mol. The van der Waals surface area contributed by atoms with Gasteiger partial charge in [0.1, 0.15) is 0 Å². The molecule has 2 rings (SSSR count). The fourth-order valence-electron chi connectivity index (χ4n) is 2.51. The lowest BCUT2D eigenvalue weighted by Crippen LogP contribution is -2.41. The molecular weight excluding hydrogens is 302 g/mol. The molecule has 0 bridgehead atoms. The third-order valence-corrected chi connectivity index (χ3v) is 3.76. The van der Waals surface area contributed by atoms with Gasteiger partial charge in [-0.05, 0) is 25.8 Å². The maximum atomic E-state index is 13.0. The molecule has 0 aliphatic carbocycles. The lowest BCUT2D eigenvalue weighted by molar-refractivity contribution is -0.123. The van der Waals surface area contributed by atoms with Crippen LogP contribution in [0, 0.1) is 13.8 Å². The number of aromatic nitrogens is 2. The molecule has 2 heterocycles. The zero-order valence-corrected chi connectivity index (χ0v) is 13.2. The molecule has 1 aromatic rings. The predicted octanol–water partition coefficient (Wildman–Crippen LogP) is 1.11. The molecule has 1 aromatic heterocycles. The molecular formula is C13H21ClF2N4O. The van der Waals surface area contributed by atoms with Gasteiger partial charge in [0, 0.05) is 25.7 Å². The maximum absolute atomic E-state index is 13.0. The van der Waals surface area contributed by atoms with Crippen molar-refractivity contribution in [2.45, 2.75) is 38.7 Å². The highest BCUT2D eigenvalue weighted by Crippen LogP contribution is 2.25. The summed E-state index contributed by atoms with van der Waals surface area (Å²) in [4.78, 5) is 11.8.